The van der Waals surface area contributed by atoms with Crippen molar-refractivity contribution in [2.24, 2.45) is 0 Å². The second-order valence-corrected chi connectivity index (χ2v) is 6.89. The van der Waals surface area contributed by atoms with Crippen LogP contribution in [-0.2, 0) is 14.9 Å². The number of hydrogen-bond donors (Lipinski definition) is 2. The van der Waals surface area contributed by atoms with Gasteiger partial charge in [0, 0.05) is 19.1 Å². The van der Waals surface area contributed by atoms with Gasteiger partial charge in [0.1, 0.15) is 0 Å². The molecule has 1 aliphatic heterocycles. The molecule has 0 aromatic carbocycles. The molecule has 6 nitrogen and oxygen atoms in total. The molecular weight excluding hydrogens is 256 g/mol. The Balaban J connectivity index is 2.62. The largest absolute Gasteiger partial charge is 0.393 e. The lowest BCUT2D eigenvalue weighted by atomic mass is 10.2. The summed E-state index contributed by atoms with van der Waals surface area (Å²) in [5, 5.41) is 9.25. The van der Waals surface area contributed by atoms with Gasteiger partial charge in [-0.1, -0.05) is 0 Å². The number of rotatable bonds is 5. The van der Waals surface area contributed by atoms with Crippen LogP contribution < -0.4 is 4.72 Å². The Kier molecular flexibility index (Phi) is 5.54. The van der Waals surface area contributed by atoms with Crippen LogP contribution in [0.4, 0.5) is 0 Å². The lowest BCUT2D eigenvalue weighted by Gasteiger charge is -2.35. The van der Waals surface area contributed by atoms with Gasteiger partial charge < -0.3 is 9.84 Å². The lowest BCUT2D eigenvalue weighted by molar-refractivity contribution is -0.0444. The van der Waals surface area contributed by atoms with Gasteiger partial charge in [0.05, 0.1) is 18.3 Å². The Morgan fingerprint density at radius 2 is 1.83 bits per heavy atom. The summed E-state index contributed by atoms with van der Waals surface area (Å²) in [5.41, 5.74) is 0. The number of nitrogens with one attached hydrogen (secondary N) is 1. The summed E-state index contributed by atoms with van der Waals surface area (Å²) in [5.74, 6) is 0. The molecule has 1 aliphatic rings. The highest BCUT2D eigenvalue weighted by atomic mass is 32.2. The van der Waals surface area contributed by atoms with Crippen LogP contribution in [0.1, 0.15) is 34.1 Å². The summed E-state index contributed by atoms with van der Waals surface area (Å²) < 4.78 is 33.8. The van der Waals surface area contributed by atoms with E-state index in [1.165, 1.54) is 4.31 Å². The van der Waals surface area contributed by atoms with Gasteiger partial charge in [0.15, 0.2) is 0 Å². The Bertz CT molecular complexity index is 348. The van der Waals surface area contributed by atoms with E-state index < -0.39 is 16.3 Å². The normalized spacial score (nSPS) is 30.1. The van der Waals surface area contributed by atoms with Crippen LogP contribution in [0, 0.1) is 0 Å². The molecule has 0 bridgehead atoms. The molecule has 0 aromatic rings. The summed E-state index contributed by atoms with van der Waals surface area (Å²) in [7, 11) is -3.50. The van der Waals surface area contributed by atoms with Gasteiger partial charge in [-0.2, -0.15) is 17.4 Å². The van der Waals surface area contributed by atoms with E-state index in [9.17, 15) is 13.5 Å². The highest BCUT2D eigenvalue weighted by Crippen LogP contribution is 2.14. The van der Waals surface area contributed by atoms with Crippen LogP contribution in [0.15, 0.2) is 0 Å². The Morgan fingerprint density at radius 1 is 1.33 bits per heavy atom. The molecular formula is C11H24N2O4S. The molecule has 4 unspecified atom stereocenters. The van der Waals surface area contributed by atoms with Gasteiger partial charge in [-0.15, -0.1) is 0 Å². The number of morpholine rings is 1. The van der Waals surface area contributed by atoms with Crippen molar-refractivity contribution in [2.75, 3.05) is 13.1 Å². The van der Waals surface area contributed by atoms with Gasteiger partial charge in [0.2, 0.25) is 0 Å². The number of hydrogen-bond acceptors (Lipinski definition) is 4. The van der Waals surface area contributed by atoms with Crippen LogP contribution >= 0.6 is 0 Å². The van der Waals surface area contributed by atoms with Gasteiger partial charge >= 0.3 is 0 Å². The molecule has 1 heterocycles. The number of nitrogens with zero attached hydrogens (tertiary/aromatic N) is 1. The molecule has 0 radical (unpaired) electrons. The van der Waals surface area contributed by atoms with E-state index in [0.29, 0.717) is 19.5 Å². The van der Waals surface area contributed by atoms with Crippen LogP contribution in [0.5, 0.6) is 0 Å². The van der Waals surface area contributed by atoms with Gasteiger partial charge in [-0.25, -0.2) is 0 Å². The predicted octanol–water partition coefficient (Wildman–Crippen LogP) is 0.0894. The molecule has 4 atom stereocenters. The SMILES string of the molecule is CC(O)CC(C)NS(=O)(=O)N1CC(C)OC(C)C1. The molecule has 1 saturated heterocycles. The van der Waals surface area contributed by atoms with Gasteiger partial charge in [-0.3, -0.25) is 0 Å². The van der Waals surface area contributed by atoms with Crippen LogP contribution in [0.25, 0.3) is 0 Å². The summed E-state index contributed by atoms with van der Waals surface area (Å²) in [6.45, 7) is 7.83. The number of ether oxygens (including phenoxy) is 1. The van der Waals surface area contributed by atoms with Crippen molar-refractivity contribution in [2.45, 2.75) is 58.5 Å². The van der Waals surface area contributed by atoms with E-state index in [0.717, 1.165) is 0 Å². The van der Waals surface area contributed by atoms with E-state index in [-0.39, 0.29) is 18.2 Å². The molecule has 108 valence electrons. The van der Waals surface area contributed by atoms with Crippen molar-refractivity contribution in [3.8, 4) is 0 Å². The first kappa shape index (κ1) is 15.8. The van der Waals surface area contributed by atoms with E-state index in [1.807, 2.05) is 13.8 Å². The maximum atomic E-state index is 12.1. The molecule has 18 heavy (non-hydrogen) atoms. The second-order valence-electron chi connectivity index (χ2n) is 5.18. The molecule has 1 fully saturated rings. The van der Waals surface area contributed by atoms with Crippen molar-refractivity contribution < 1.29 is 18.3 Å². The zero-order valence-electron chi connectivity index (χ0n) is 11.5. The Morgan fingerprint density at radius 3 is 2.28 bits per heavy atom. The summed E-state index contributed by atoms with van der Waals surface area (Å²) in [4.78, 5) is 0. The van der Waals surface area contributed by atoms with E-state index in [2.05, 4.69) is 4.72 Å². The topological polar surface area (TPSA) is 78.9 Å². The third-order valence-electron chi connectivity index (χ3n) is 2.77. The molecule has 0 amide bonds. The van der Waals surface area contributed by atoms with Crippen molar-refractivity contribution in [1.82, 2.24) is 9.03 Å². The molecule has 7 heteroatoms. The molecule has 0 saturated carbocycles. The zero-order valence-corrected chi connectivity index (χ0v) is 12.3. The van der Waals surface area contributed by atoms with Gasteiger partial charge in [-0.05, 0) is 34.1 Å². The molecule has 0 spiro atoms. The van der Waals surface area contributed by atoms with Crippen molar-refractivity contribution in [3.63, 3.8) is 0 Å². The number of aliphatic hydroxyl groups excluding tert-OH is 1. The monoisotopic (exact) mass is 280 g/mol. The zero-order chi connectivity index (χ0) is 13.9. The molecule has 0 aliphatic carbocycles. The first-order valence-electron chi connectivity index (χ1n) is 6.31. The summed E-state index contributed by atoms with van der Waals surface area (Å²) >= 11 is 0. The maximum Gasteiger partial charge on any atom is 0.279 e. The van der Waals surface area contributed by atoms with E-state index in [1.54, 1.807) is 13.8 Å². The predicted molar refractivity (Wildman–Crippen MR) is 69.4 cm³/mol. The van der Waals surface area contributed by atoms with Crippen LogP contribution in [-0.4, -0.2) is 55.3 Å². The third-order valence-corrected chi connectivity index (χ3v) is 4.45. The minimum absolute atomic E-state index is 0.0996. The minimum atomic E-state index is -3.50. The van der Waals surface area contributed by atoms with E-state index >= 15 is 0 Å². The third kappa shape index (κ3) is 4.81. The molecule has 1 rings (SSSR count). The van der Waals surface area contributed by atoms with Gasteiger partial charge in [0.25, 0.3) is 10.2 Å². The Labute approximate surface area is 109 Å². The maximum absolute atomic E-state index is 12.1. The highest BCUT2D eigenvalue weighted by Gasteiger charge is 2.31. The quantitative estimate of drug-likeness (QED) is 0.748. The average Bonchev–Trinajstić information content (AvgIpc) is 2.13. The van der Waals surface area contributed by atoms with Crippen molar-refractivity contribution in [1.29, 1.82) is 0 Å². The fourth-order valence-electron chi connectivity index (χ4n) is 2.22. The smallest absolute Gasteiger partial charge is 0.279 e. The van der Waals surface area contributed by atoms with E-state index in [4.69, 9.17) is 4.74 Å². The van der Waals surface area contributed by atoms with Crippen LogP contribution in [0.3, 0.4) is 0 Å². The first-order chi connectivity index (χ1) is 8.20. The van der Waals surface area contributed by atoms with Crippen molar-refractivity contribution in [3.05, 3.63) is 0 Å². The second kappa shape index (κ2) is 6.29. The van der Waals surface area contributed by atoms with Crippen molar-refractivity contribution >= 4 is 10.2 Å². The molecule has 2 N–H and O–H groups in total. The summed E-state index contributed by atoms with van der Waals surface area (Å²) in [6, 6.07) is -0.288. The highest BCUT2D eigenvalue weighted by molar-refractivity contribution is 7.87. The molecule has 0 aromatic heterocycles. The average molecular weight is 280 g/mol. The minimum Gasteiger partial charge on any atom is -0.393 e. The lowest BCUT2D eigenvalue weighted by Crippen LogP contribution is -2.53. The number of aliphatic hydroxyl groups is 1. The fraction of sp³-hybridized carbons (Fsp3) is 1.00. The fourth-order valence-corrected chi connectivity index (χ4v) is 3.78. The Hall–Kier alpha value is -0.210. The first-order valence-corrected chi connectivity index (χ1v) is 7.75. The standard InChI is InChI=1S/C11H24N2O4S/c1-8(5-9(2)14)12-18(15,16)13-6-10(3)17-11(4)7-13/h8-12,14H,5-7H2,1-4H3. The summed E-state index contributed by atoms with van der Waals surface area (Å²) in [6.07, 6.45) is -0.325. The van der Waals surface area contributed by atoms with Crippen LogP contribution in [0.2, 0.25) is 0 Å².